The van der Waals surface area contributed by atoms with Gasteiger partial charge in [0.2, 0.25) is 5.91 Å². The third-order valence-electron chi connectivity index (χ3n) is 4.89. The van der Waals surface area contributed by atoms with E-state index >= 15 is 0 Å². The van der Waals surface area contributed by atoms with Crippen molar-refractivity contribution in [2.24, 2.45) is 0 Å². The van der Waals surface area contributed by atoms with E-state index in [-0.39, 0.29) is 17.5 Å². The molecule has 0 bridgehead atoms. The van der Waals surface area contributed by atoms with Crippen molar-refractivity contribution in [3.8, 4) is 5.75 Å². The molecule has 0 unspecified atom stereocenters. The molecule has 1 fully saturated rings. The van der Waals surface area contributed by atoms with Gasteiger partial charge in [-0.1, -0.05) is 0 Å². The molecule has 1 aromatic carbocycles. The maximum atomic E-state index is 12.4. The standard InChI is InChI=1S/C19H25N3O3/c1-4-25-17-5-6-18-14(10-17)9-15(19(24)20-18)11-22-8-7-16(12-22)21(3)13(2)23/h5-6,9-10,16H,4,7-8,11-12H2,1-3H3,(H,20,24)/t16-/m1/s1. The summed E-state index contributed by atoms with van der Waals surface area (Å²) in [6.45, 7) is 6.43. The van der Waals surface area contributed by atoms with Gasteiger partial charge >= 0.3 is 0 Å². The van der Waals surface area contributed by atoms with Gasteiger partial charge in [-0.15, -0.1) is 0 Å². The van der Waals surface area contributed by atoms with Crippen LogP contribution in [0.5, 0.6) is 5.75 Å². The van der Waals surface area contributed by atoms with Crippen molar-refractivity contribution in [2.75, 3.05) is 26.7 Å². The molecule has 1 aliphatic heterocycles. The van der Waals surface area contributed by atoms with Crippen molar-refractivity contribution in [2.45, 2.75) is 32.9 Å². The summed E-state index contributed by atoms with van der Waals surface area (Å²) in [7, 11) is 1.84. The molecule has 6 nitrogen and oxygen atoms in total. The molecule has 0 aliphatic carbocycles. The number of aromatic nitrogens is 1. The third-order valence-corrected chi connectivity index (χ3v) is 4.89. The monoisotopic (exact) mass is 343 g/mol. The van der Waals surface area contributed by atoms with E-state index in [0.29, 0.717) is 13.2 Å². The van der Waals surface area contributed by atoms with Crippen molar-refractivity contribution in [1.29, 1.82) is 0 Å². The molecule has 1 aromatic heterocycles. The van der Waals surface area contributed by atoms with Crippen LogP contribution in [0, 0.1) is 0 Å². The lowest BCUT2D eigenvalue weighted by Crippen LogP contribution is -2.37. The molecule has 2 aromatic rings. The van der Waals surface area contributed by atoms with Crippen LogP contribution in [0.25, 0.3) is 10.9 Å². The van der Waals surface area contributed by atoms with Crippen LogP contribution in [-0.2, 0) is 11.3 Å². The molecule has 2 heterocycles. The number of aromatic amines is 1. The molecule has 25 heavy (non-hydrogen) atoms. The SMILES string of the molecule is CCOc1ccc2[nH]c(=O)c(CN3CC[C@@H](N(C)C(C)=O)C3)cc2c1. The first-order chi connectivity index (χ1) is 12.0. The van der Waals surface area contributed by atoms with Crippen LogP contribution in [-0.4, -0.2) is 53.5 Å². The minimum absolute atomic E-state index is 0.0555. The van der Waals surface area contributed by atoms with Crippen molar-refractivity contribution in [3.05, 3.63) is 40.2 Å². The number of carbonyl (C=O) groups excluding carboxylic acids is 1. The number of nitrogens with one attached hydrogen (secondary N) is 1. The summed E-state index contributed by atoms with van der Waals surface area (Å²) in [6, 6.07) is 7.86. The minimum atomic E-state index is -0.0555. The van der Waals surface area contributed by atoms with Gasteiger partial charge in [0.15, 0.2) is 0 Å². The number of benzene rings is 1. The first kappa shape index (κ1) is 17.5. The molecular weight excluding hydrogens is 318 g/mol. The second-order valence-corrected chi connectivity index (χ2v) is 6.61. The Bertz CT molecular complexity index is 830. The van der Waals surface area contributed by atoms with Crippen LogP contribution in [0.3, 0.4) is 0 Å². The first-order valence-electron chi connectivity index (χ1n) is 8.72. The normalized spacial score (nSPS) is 17.8. The van der Waals surface area contributed by atoms with Crippen molar-refractivity contribution in [1.82, 2.24) is 14.8 Å². The Kier molecular flexibility index (Phi) is 5.08. The second-order valence-electron chi connectivity index (χ2n) is 6.61. The maximum absolute atomic E-state index is 12.4. The van der Waals surface area contributed by atoms with E-state index in [1.165, 1.54) is 0 Å². The van der Waals surface area contributed by atoms with Crippen molar-refractivity contribution < 1.29 is 9.53 Å². The average molecular weight is 343 g/mol. The van der Waals surface area contributed by atoms with Gasteiger partial charge in [-0.05, 0) is 37.6 Å². The van der Waals surface area contributed by atoms with Crippen LogP contribution in [0.1, 0.15) is 25.8 Å². The highest BCUT2D eigenvalue weighted by molar-refractivity contribution is 5.80. The zero-order valence-corrected chi connectivity index (χ0v) is 15.0. The van der Waals surface area contributed by atoms with Gasteiger partial charge in [0.1, 0.15) is 5.75 Å². The molecule has 0 spiro atoms. The van der Waals surface area contributed by atoms with Gasteiger partial charge in [-0.3, -0.25) is 14.5 Å². The van der Waals surface area contributed by atoms with Crippen LogP contribution in [0.15, 0.2) is 29.1 Å². The number of likely N-dealkylation sites (tertiary alicyclic amines) is 1. The number of rotatable bonds is 5. The number of hydrogen-bond acceptors (Lipinski definition) is 4. The van der Waals surface area contributed by atoms with E-state index in [2.05, 4.69) is 9.88 Å². The van der Waals surface area contributed by atoms with E-state index in [4.69, 9.17) is 4.74 Å². The van der Waals surface area contributed by atoms with Gasteiger partial charge in [0, 0.05) is 56.1 Å². The predicted molar refractivity (Wildman–Crippen MR) is 97.9 cm³/mol. The highest BCUT2D eigenvalue weighted by atomic mass is 16.5. The zero-order chi connectivity index (χ0) is 18.0. The van der Waals surface area contributed by atoms with E-state index < -0.39 is 0 Å². The molecule has 3 rings (SSSR count). The molecule has 1 saturated heterocycles. The average Bonchev–Trinajstić information content (AvgIpc) is 3.04. The Balaban J connectivity index is 1.78. The van der Waals surface area contributed by atoms with E-state index in [9.17, 15) is 9.59 Å². The molecule has 134 valence electrons. The number of nitrogens with zero attached hydrogens (tertiary/aromatic N) is 2. The number of ether oxygens (including phenoxy) is 1. The van der Waals surface area contributed by atoms with Gasteiger partial charge in [-0.2, -0.15) is 0 Å². The van der Waals surface area contributed by atoms with Crippen molar-refractivity contribution >= 4 is 16.8 Å². The van der Waals surface area contributed by atoms with E-state index in [0.717, 1.165) is 41.7 Å². The molecule has 1 N–H and O–H groups in total. The zero-order valence-electron chi connectivity index (χ0n) is 15.0. The lowest BCUT2D eigenvalue weighted by Gasteiger charge is -2.23. The fraction of sp³-hybridized carbons (Fsp3) is 0.474. The molecule has 0 radical (unpaired) electrons. The fourth-order valence-corrected chi connectivity index (χ4v) is 3.37. The predicted octanol–water partition coefficient (Wildman–Crippen LogP) is 1.98. The van der Waals surface area contributed by atoms with Crippen molar-refractivity contribution in [3.63, 3.8) is 0 Å². The molecular formula is C19H25N3O3. The summed E-state index contributed by atoms with van der Waals surface area (Å²) in [4.78, 5) is 30.9. The quantitative estimate of drug-likeness (QED) is 0.901. The molecule has 6 heteroatoms. The lowest BCUT2D eigenvalue weighted by molar-refractivity contribution is -0.129. The Hall–Kier alpha value is -2.34. The van der Waals surface area contributed by atoms with Crippen LogP contribution in [0.2, 0.25) is 0 Å². The molecule has 1 atom stereocenters. The molecule has 1 amide bonds. The topological polar surface area (TPSA) is 65.6 Å². The Labute approximate surface area is 147 Å². The number of H-pyrrole nitrogens is 1. The smallest absolute Gasteiger partial charge is 0.252 e. The number of hydrogen-bond donors (Lipinski definition) is 1. The minimum Gasteiger partial charge on any atom is -0.494 e. The number of fused-ring (bicyclic) bond motifs is 1. The summed E-state index contributed by atoms with van der Waals surface area (Å²) in [5.74, 6) is 0.885. The molecule has 1 aliphatic rings. The summed E-state index contributed by atoms with van der Waals surface area (Å²) < 4.78 is 5.54. The van der Waals surface area contributed by atoms with Gasteiger partial charge in [0.05, 0.1) is 6.61 Å². The lowest BCUT2D eigenvalue weighted by atomic mass is 10.1. The second kappa shape index (κ2) is 7.27. The summed E-state index contributed by atoms with van der Waals surface area (Å²) >= 11 is 0. The van der Waals surface area contributed by atoms with Crippen LogP contribution in [0.4, 0.5) is 0 Å². The van der Waals surface area contributed by atoms with E-state index in [1.807, 2.05) is 38.2 Å². The number of pyridine rings is 1. The Morgan fingerprint density at radius 2 is 2.20 bits per heavy atom. The highest BCUT2D eigenvalue weighted by Gasteiger charge is 2.27. The largest absolute Gasteiger partial charge is 0.494 e. The van der Waals surface area contributed by atoms with E-state index in [1.54, 1.807) is 11.8 Å². The Morgan fingerprint density at radius 1 is 1.40 bits per heavy atom. The van der Waals surface area contributed by atoms with Crippen LogP contribution < -0.4 is 10.3 Å². The fourth-order valence-electron chi connectivity index (χ4n) is 3.37. The first-order valence-corrected chi connectivity index (χ1v) is 8.72. The van der Waals surface area contributed by atoms with Crippen LogP contribution >= 0.6 is 0 Å². The number of likely N-dealkylation sites (N-methyl/N-ethyl adjacent to an activating group) is 1. The van der Waals surface area contributed by atoms with Gasteiger partial charge in [0.25, 0.3) is 5.56 Å². The summed E-state index contributed by atoms with van der Waals surface area (Å²) in [5.41, 5.74) is 1.50. The third kappa shape index (κ3) is 3.85. The number of carbonyl (C=O) groups is 1. The highest BCUT2D eigenvalue weighted by Crippen LogP contribution is 2.21. The molecule has 0 saturated carbocycles. The van der Waals surface area contributed by atoms with Gasteiger partial charge in [-0.25, -0.2) is 0 Å². The number of amides is 1. The maximum Gasteiger partial charge on any atom is 0.252 e. The van der Waals surface area contributed by atoms with Gasteiger partial charge < -0.3 is 14.6 Å². The Morgan fingerprint density at radius 3 is 2.92 bits per heavy atom. The summed E-state index contributed by atoms with van der Waals surface area (Å²) in [6.07, 6.45) is 0.941. The summed E-state index contributed by atoms with van der Waals surface area (Å²) in [5, 5.41) is 0.970.